The quantitative estimate of drug-likeness (QED) is 0.839. The van der Waals surface area contributed by atoms with Crippen LogP contribution < -0.4 is 9.04 Å². The Morgan fingerprint density at radius 3 is 2.45 bits per heavy atom. The van der Waals surface area contributed by atoms with Gasteiger partial charge in [-0.3, -0.25) is 4.31 Å². The van der Waals surface area contributed by atoms with E-state index in [2.05, 4.69) is 0 Å². The summed E-state index contributed by atoms with van der Waals surface area (Å²) in [5.41, 5.74) is -0.0929. The zero-order valence-electron chi connectivity index (χ0n) is 12.3. The summed E-state index contributed by atoms with van der Waals surface area (Å²) in [6.07, 6.45) is 0. The molecule has 0 amide bonds. The predicted molar refractivity (Wildman–Crippen MR) is 87.1 cm³/mol. The first-order valence-electron chi connectivity index (χ1n) is 6.87. The topological polar surface area (TPSA) is 46.6 Å². The number of halogens is 1. The van der Waals surface area contributed by atoms with Crippen molar-refractivity contribution in [3.8, 4) is 5.75 Å². The summed E-state index contributed by atoms with van der Waals surface area (Å²) in [6.45, 7) is 3.94. The van der Waals surface area contributed by atoms with Crippen LogP contribution >= 0.6 is 11.6 Å². The molecule has 0 fully saturated rings. The third-order valence-electron chi connectivity index (χ3n) is 3.45. The Bertz CT molecular complexity index is 818. The predicted octanol–water partition coefficient (Wildman–Crippen LogP) is 3.71. The van der Waals surface area contributed by atoms with Gasteiger partial charge in [0.05, 0.1) is 17.3 Å². The number of hydrogen-bond acceptors (Lipinski definition) is 3. The lowest BCUT2D eigenvalue weighted by molar-refractivity contribution is 0.110. The molecule has 0 atom stereocenters. The molecule has 0 bridgehead atoms. The highest BCUT2D eigenvalue weighted by atomic mass is 35.5. The molecule has 3 rings (SSSR count). The minimum absolute atomic E-state index is 0.101. The molecule has 0 aromatic heterocycles. The van der Waals surface area contributed by atoms with E-state index in [9.17, 15) is 8.42 Å². The number of sulfonamides is 1. The van der Waals surface area contributed by atoms with E-state index in [1.165, 1.54) is 10.4 Å². The summed E-state index contributed by atoms with van der Waals surface area (Å²) in [7, 11) is -3.76. The largest absolute Gasteiger partial charge is 0.484 e. The third-order valence-corrected chi connectivity index (χ3v) is 5.71. The number of nitrogens with zero attached hydrogens (tertiary/aromatic N) is 1. The van der Waals surface area contributed by atoms with Crippen LogP contribution in [0.3, 0.4) is 0 Å². The second kappa shape index (κ2) is 5.18. The highest BCUT2D eigenvalue weighted by Gasteiger charge is 2.38. The lowest BCUT2D eigenvalue weighted by Gasteiger charge is -2.40. The third kappa shape index (κ3) is 2.55. The van der Waals surface area contributed by atoms with Crippen LogP contribution in [0.15, 0.2) is 53.4 Å². The number of hydrogen-bond donors (Lipinski definition) is 0. The van der Waals surface area contributed by atoms with Crippen LogP contribution in [0.5, 0.6) is 5.75 Å². The van der Waals surface area contributed by atoms with Gasteiger partial charge in [0.1, 0.15) is 16.2 Å². The van der Waals surface area contributed by atoms with Gasteiger partial charge < -0.3 is 4.74 Å². The van der Waals surface area contributed by atoms with Crippen molar-refractivity contribution in [2.45, 2.75) is 24.3 Å². The maximum Gasteiger partial charge on any atom is 0.266 e. The standard InChI is InChI=1S/C16H16ClNO3S/c1-16(2)11-18(13-8-4-5-9-14(13)21-16)22(19,20)15-10-6-3-7-12(15)17/h3-10H,11H2,1-2H3. The monoisotopic (exact) mass is 337 g/mol. The number of benzene rings is 2. The molecule has 4 nitrogen and oxygen atoms in total. The Labute approximate surface area is 135 Å². The van der Waals surface area contributed by atoms with Crippen LogP contribution in [0.2, 0.25) is 5.02 Å². The van der Waals surface area contributed by atoms with Crippen LogP contribution in [-0.4, -0.2) is 20.6 Å². The first-order chi connectivity index (χ1) is 10.3. The molecule has 2 aromatic carbocycles. The summed E-state index contributed by atoms with van der Waals surface area (Å²) in [5, 5.41) is 0.212. The summed E-state index contributed by atoms with van der Waals surface area (Å²) < 4.78 is 33.3. The molecule has 0 aliphatic carbocycles. The smallest absolute Gasteiger partial charge is 0.266 e. The highest BCUT2D eigenvalue weighted by Crippen LogP contribution is 2.40. The molecule has 6 heteroatoms. The van der Waals surface area contributed by atoms with E-state index >= 15 is 0 Å². The molecule has 0 N–H and O–H groups in total. The average molecular weight is 338 g/mol. The van der Waals surface area contributed by atoms with Gasteiger partial charge in [-0.25, -0.2) is 8.42 Å². The summed E-state index contributed by atoms with van der Waals surface area (Å²) in [4.78, 5) is 0.101. The SMILES string of the molecule is CC1(C)CN(S(=O)(=O)c2ccccc2Cl)c2ccccc2O1. The molecule has 0 unspecified atom stereocenters. The first-order valence-corrected chi connectivity index (χ1v) is 8.68. The van der Waals surface area contributed by atoms with E-state index in [0.29, 0.717) is 11.4 Å². The van der Waals surface area contributed by atoms with Crippen molar-refractivity contribution in [1.82, 2.24) is 0 Å². The maximum absolute atomic E-state index is 13.0. The second-order valence-electron chi connectivity index (χ2n) is 5.77. The molecule has 1 heterocycles. The Hall–Kier alpha value is -1.72. The van der Waals surface area contributed by atoms with Crippen LogP contribution in [0.4, 0.5) is 5.69 Å². The number of ether oxygens (including phenoxy) is 1. The van der Waals surface area contributed by atoms with Crippen molar-refractivity contribution >= 4 is 27.3 Å². The van der Waals surface area contributed by atoms with E-state index in [1.54, 1.807) is 36.4 Å². The molecular formula is C16H16ClNO3S. The fraction of sp³-hybridized carbons (Fsp3) is 0.250. The van der Waals surface area contributed by atoms with Crippen LogP contribution in [0.1, 0.15) is 13.8 Å². The lowest BCUT2D eigenvalue weighted by Crippen LogP contribution is -2.49. The van der Waals surface area contributed by atoms with Gasteiger partial charge in [0.15, 0.2) is 0 Å². The second-order valence-corrected chi connectivity index (χ2v) is 8.01. The fourth-order valence-electron chi connectivity index (χ4n) is 2.50. The van der Waals surface area contributed by atoms with Crippen molar-refractivity contribution in [2.75, 3.05) is 10.8 Å². The van der Waals surface area contributed by atoms with Gasteiger partial charge in [-0.1, -0.05) is 35.9 Å². The average Bonchev–Trinajstić information content (AvgIpc) is 2.45. The van der Waals surface area contributed by atoms with E-state index in [0.717, 1.165) is 0 Å². The molecular weight excluding hydrogens is 322 g/mol. The molecule has 0 saturated heterocycles. The normalized spacial score (nSPS) is 16.8. The van der Waals surface area contributed by atoms with Gasteiger partial charge in [-0.05, 0) is 38.1 Å². The lowest BCUT2D eigenvalue weighted by atomic mass is 10.1. The summed E-state index contributed by atoms with van der Waals surface area (Å²) in [6, 6.07) is 13.6. The molecule has 0 spiro atoms. The zero-order valence-corrected chi connectivity index (χ0v) is 13.9. The highest BCUT2D eigenvalue weighted by molar-refractivity contribution is 7.93. The van der Waals surface area contributed by atoms with E-state index < -0.39 is 15.6 Å². The number of rotatable bonds is 2. The number of para-hydroxylation sites is 2. The number of anilines is 1. The van der Waals surface area contributed by atoms with Crippen molar-refractivity contribution in [3.63, 3.8) is 0 Å². The van der Waals surface area contributed by atoms with Gasteiger partial charge in [-0.2, -0.15) is 0 Å². The first kappa shape index (κ1) is 15.2. The molecule has 0 saturated carbocycles. The van der Waals surface area contributed by atoms with Crippen molar-refractivity contribution in [1.29, 1.82) is 0 Å². The maximum atomic E-state index is 13.0. The van der Waals surface area contributed by atoms with Gasteiger partial charge in [0.2, 0.25) is 0 Å². The van der Waals surface area contributed by atoms with Crippen LogP contribution in [0.25, 0.3) is 0 Å². The van der Waals surface area contributed by atoms with E-state index in [-0.39, 0.29) is 16.5 Å². The van der Waals surface area contributed by atoms with Gasteiger partial charge in [0.25, 0.3) is 10.0 Å². The van der Waals surface area contributed by atoms with Crippen molar-refractivity contribution in [2.24, 2.45) is 0 Å². The van der Waals surface area contributed by atoms with Gasteiger partial charge >= 0.3 is 0 Å². The molecule has 1 aliphatic heterocycles. The molecule has 0 radical (unpaired) electrons. The Kier molecular flexibility index (Phi) is 3.57. The Balaban J connectivity index is 2.17. The summed E-state index contributed by atoms with van der Waals surface area (Å²) in [5.74, 6) is 0.550. The Morgan fingerprint density at radius 2 is 1.73 bits per heavy atom. The van der Waals surface area contributed by atoms with Gasteiger partial charge in [-0.15, -0.1) is 0 Å². The number of fused-ring (bicyclic) bond motifs is 1. The van der Waals surface area contributed by atoms with E-state index in [4.69, 9.17) is 16.3 Å². The van der Waals surface area contributed by atoms with Crippen LogP contribution in [0, 0.1) is 0 Å². The molecule has 1 aliphatic rings. The fourth-order valence-corrected chi connectivity index (χ4v) is 4.62. The minimum Gasteiger partial charge on any atom is -0.484 e. The Morgan fingerprint density at radius 1 is 1.09 bits per heavy atom. The van der Waals surface area contributed by atoms with Crippen molar-refractivity contribution in [3.05, 3.63) is 53.6 Å². The zero-order chi connectivity index (χ0) is 16.0. The molecule has 116 valence electrons. The van der Waals surface area contributed by atoms with Crippen molar-refractivity contribution < 1.29 is 13.2 Å². The summed E-state index contributed by atoms with van der Waals surface area (Å²) >= 11 is 6.09. The van der Waals surface area contributed by atoms with Gasteiger partial charge in [0, 0.05) is 0 Å². The van der Waals surface area contributed by atoms with E-state index in [1.807, 2.05) is 19.9 Å². The molecule has 22 heavy (non-hydrogen) atoms. The molecule has 2 aromatic rings. The minimum atomic E-state index is -3.76. The van der Waals surface area contributed by atoms with Crippen LogP contribution in [-0.2, 0) is 10.0 Å².